The molecule has 0 spiro atoms. The van der Waals surface area contributed by atoms with Crippen LogP contribution in [0.15, 0.2) is 28.8 Å². The van der Waals surface area contributed by atoms with Crippen molar-refractivity contribution in [2.45, 2.75) is 58.9 Å². The lowest BCUT2D eigenvalue weighted by Crippen LogP contribution is -2.31. The van der Waals surface area contributed by atoms with E-state index in [-0.39, 0.29) is 11.9 Å². The molecule has 4 rings (SSSR count). The highest BCUT2D eigenvalue weighted by molar-refractivity contribution is 5.77. The molecule has 8 nitrogen and oxygen atoms in total. The lowest BCUT2D eigenvalue weighted by Gasteiger charge is -2.22. The smallest absolute Gasteiger partial charge is 0.249 e. The largest absolute Gasteiger partial charge is 0.493 e. The topological polar surface area (TPSA) is 86.3 Å². The van der Waals surface area contributed by atoms with E-state index in [1.165, 1.54) is 0 Å². The van der Waals surface area contributed by atoms with Crippen molar-refractivity contribution in [1.82, 2.24) is 24.8 Å². The summed E-state index contributed by atoms with van der Waals surface area (Å²) in [5.74, 6) is 2.08. The van der Waals surface area contributed by atoms with E-state index in [2.05, 4.69) is 15.2 Å². The van der Waals surface area contributed by atoms with E-state index >= 15 is 0 Å². The minimum absolute atomic E-state index is 0.123. The zero-order valence-corrected chi connectivity index (χ0v) is 19.3. The minimum Gasteiger partial charge on any atom is -0.493 e. The van der Waals surface area contributed by atoms with Gasteiger partial charge in [-0.15, -0.1) is 0 Å². The zero-order valence-electron chi connectivity index (χ0n) is 19.3. The average molecular weight is 438 g/mol. The fourth-order valence-electron chi connectivity index (χ4n) is 4.35. The molecule has 2 aromatic heterocycles. The fraction of sp³-hybridized carbons (Fsp3) is 0.500. The number of aromatic nitrogens is 4. The second-order valence-corrected chi connectivity index (χ2v) is 8.48. The summed E-state index contributed by atoms with van der Waals surface area (Å²) >= 11 is 0. The quantitative estimate of drug-likeness (QED) is 0.535. The van der Waals surface area contributed by atoms with Crippen LogP contribution in [0.3, 0.4) is 0 Å². The van der Waals surface area contributed by atoms with Crippen LogP contribution in [0.25, 0.3) is 0 Å². The van der Waals surface area contributed by atoms with Crippen molar-refractivity contribution in [3.8, 4) is 5.75 Å². The van der Waals surface area contributed by atoms with Crippen LogP contribution in [0.2, 0.25) is 0 Å². The van der Waals surface area contributed by atoms with Crippen LogP contribution in [-0.2, 0) is 24.7 Å². The summed E-state index contributed by atoms with van der Waals surface area (Å²) < 4.78 is 13.2. The van der Waals surface area contributed by atoms with Gasteiger partial charge in [-0.2, -0.15) is 10.1 Å². The first-order valence-electron chi connectivity index (χ1n) is 11.2. The molecule has 0 aliphatic carbocycles. The van der Waals surface area contributed by atoms with Crippen molar-refractivity contribution >= 4 is 5.91 Å². The Labute approximate surface area is 188 Å². The van der Waals surface area contributed by atoms with Gasteiger partial charge in [0.05, 0.1) is 12.3 Å². The fourth-order valence-corrected chi connectivity index (χ4v) is 4.35. The molecule has 1 amide bonds. The number of benzene rings is 1. The van der Waals surface area contributed by atoms with E-state index in [0.29, 0.717) is 37.6 Å². The van der Waals surface area contributed by atoms with E-state index < -0.39 is 0 Å². The molecule has 0 saturated carbocycles. The van der Waals surface area contributed by atoms with E-state index in [9.17, 15) is 4.79 Å². The lowest BCUT2D eigenvalue weighted by molar-refractivity contribution is -0.132. The van der Waals surface area contributed by atoms with Gasteiger partial charge in [0.15, 0.2) is 5.82 Å². The van der Waals surface area contributed by atoms with Crippen LogP contribution in [-0.4, -0.2) is 43.9 Å². The van der Waals surface area contributed by atoms with E-state index in [0.717, 1.165) is 47.7 Å². The first-order valence-corrected chi connectivity index (χ1v) is 11.2. The minimum atomic E-state index is -0.141. The Morgan fingerprint density at radius 2 is 2.09 bits per heavy atom. The van der Waals surface area contributed by atoms with Gasteiger partial charge in [0.25, 0.3) is 0 Å². The molecule has 1 aliphatic rings. The first-order chi connectivity index (χ1) is 15.4. The summed E-state index contributed by atoms with van der Waals surface area (Å²) in [7, 11) is 1.93. The third-order valence-corrected chi connectivity index (χ3v) is 6.17. The molecule has 1 aromatic carbocycles. The summed E-state index contributed by atoms with van der Waals surface area (Å²) in [5, 5.41) is 8.56. The SMILES string of the molecule is Cc1cccc(OCCc2noc(C3CCCN3C(=O)CCc3c(C)nn(C)c3C)n2)c1. The highest BCUT2D eigenvalue weighted by Crippen LogP contribution is 2.32. The Hall–Kier alpha value is -3.16. The predicted molar refractivity (Wildman–Crippen MR) is 119 cm³/mol. The predicted octanol–water partition coefficient (Wildman–Crippen LogP) is 3.65. The van der Waals surface area contributed by atoms with Crippen LogP contribution < -0.4 is 4.74 Å². The van der Waals surface area contributed by atoms with Gasteiger partial charge < -0.3 is 14.2 Å². The van der Waals surface area contributed by atoms with Gasteiger partial charge >= 0.3 is 0 Å². The highest BCUT2D eigenvalue weighted by Gasteiger charge is 2.33. The molecule has 0 radical (unpaired) electrons. The maximum absolute atomic E-state index is 13.0. The van der Waals surface area contributed by atoms with Crippen LogP contribution in [0, 0.1) is 20.8 Å². The summed E-state index contributed by atoms with van der Waals surface area (Å²) in [6.07, 6.45) is 3.49. The van der Waals surface area contributed by atoms with Gasteiger partial charge in [-0.3, -0.25) is 9.48 Å². The molecule has 0 N–H and O–H groups in total. The molecule has 1 atom stereocenters. The number of ether oxygens (including phenoxy) is 1. The Bertz CT molecular complexity index is 1090. The number of rotatable bonds is 8. The molecule has 1 saturated heterocycles. The van der Waals surface area contributed by atoms with Crippen molar-refractivity contribution in [2.24, 2.45) is 7.05 Å². The molecule has 3 aromatic rings. The van der Waals surface area contributed by atoms with Gasteiger partial charge in [0.2, 0.25) is 11.8 Å². The Balaban J connectivity index is 1.33. The summed E-state index contributed by atoms with van der Waals surface area (Å²) in [5.41, 5.74) is 4.42. The Morgan fingerprint density at radius 1 is 1.25 bits per heavy atom. The highest BCUT2D eigenvalue weighted by atomic mass is 16.5. The van der Waals surface area contributed by atoms with E-state index in [1.54, 1.807) is 0 Å². The normalized spacial score (nSPS) is 16.0. The third kappa shape index (κ3) is 4.84. The van der Waals surface area contributed by atoms with Gasteiger partial charge in [-0.25, -0.2) is 0 Å². The number of hydrogen-bond donors (Lipinski definition) is 0. The average Bonchev–Trinajstić information content (AvgIpc) is 3.47. The number of nitrogens with zero attached hydrogens (tertiary/aromatic N) is 5. The number of amides is 1. The number of carbonyl (C=O) groups excluding carboxylic acids is 1. The molecule has 32 heavy (non-hydrogen) atoms. The second kappa shape index (κ2) is 9.54. The maximum Gasteiger partial charge on any atom is 0.249 e. The molecule has 1 fully saturated rings. The Morgan fingerprint density at radius 3 is 2.84 bits per heavy atom. The van der Waals surface area contributed by atoms with Crippen LogP contribution in [0.4, 0.5) is 0 Å². The first kappa shape index (κ1) is 22.0. The molecule has 1 aliphatic heterocycles. The van der Waals surface area contributed by atoms with Crippen LogP contribution in [0.5, 0.6) is 5.75 Å². The van der Waals surface area contributed by atoms with Crippen molar-refractivity contribution in [2.75, 3.05) is 13.2 Å². The standard InChI is InChI=1S/C24H31N5O3/c1-16-7-5-8-19(15-16)31-14-12-22-25-24(32-27-22)21-9-6-13-29(21)23(30)11-10-20-17(2)26-28(4)18(20)3/h5,7-8,15,21H,6,9-14H2,1-4H3. The lowest BCUT2D eigenvalue weighted by atomic mass is 10.1. The molecule has 170 valence electrons. The van der Waals surface area contributed by atoms with Crippen molar-refractivity contribution in [1.29, 1.82) is 0 Å². The van der Waals surface area contributed by atoms with E-state index in [1.807, 2.05) is 61.7 Å². The Kier molecular flexibility index (Phi) is 6.58. The summed E-state index contributed by atoms with van der Waals surface area (Å²) in [4.78, 5) is 19.4. The monoisotopic (exact) mass is 437 g/mol. The summed E-state index contributed by atoms with van der Waals surface area (Å²) in [6.45, 7) is 7.27. The summed E-state index contributed by atoms with van der Waals surface area (Å²) in [6, 6.07) is 7.80. The van der Waals surface area contributed by atoms with Gasteiger partial charge in [-0.1, -0.05) is 17.3 Å². The van der Waals surface area contributed by atoms with Gasteiger partial charge in [-0.05, 0) is 63.3 Å². The second-order valence-electron chi connectivity index (χ2n) is 8.48. The molecule has 3 heterocycles. The number of hydrogen-bond acceptors (Lipinski definition) is 6. The molecule has 1 unspecified atom stereocenters. The molecule has 8 heteroatoms. The number of aryl methyl sites for hydroxylation is 3. The van der Waals surface area contributed by atoms with Crippen LogP contribution in [0.1, 0.15) is 59.5 Å². The number of likely N-dealkylation sites (tertiary alicyclic amines) is 1. The molecular formula is C24H31N5O3. The van der Waals surface area contributed by atoms with Crippen molar-refractivity contribution < 1.29 is 14.1 Å². The van der Waals surface area contributed by atoms with Crippen LogP contribution >= 0.6 is 0 Å². The number of carbonyl (C=O) groups is 1. The maximum atomic E-state index is 13.0. The van der Waals surface area contributed by atoms with E-state index in [4.69, 9.17) is 9.26 Å². The third-order valence-electron chi connectivity index (χ3n) is 6.17. The zero-order chi connectivity index (χ0) is 22.7. The molecule has 0 bridgehead atoms. The van der Waals surface area contributed by atoms with Crippen molar-refractivity contribution in [3.05, 3.63) is 58.5 Å². The van der Waals surface area contributed by atoms with Crippen molar-refractivity contribution in [3.63, 3.8) is 0 Å². The molecular weight excluding hydrogens is 406 g/mol. The van der Waals surface area contributed by atoms with Gasteiger partial charge in [0, 0.05) is 32.1 Å². The van der Waals surface area contributed by atoms with Gasteiger partial charge in [0.1, 0.15) is 11.8 Å².